The average Bonchev–Trinajstić information content (AvgIpc) is 1.68. The van der Waals surface area contributed by atoms with Crippen LogP contribution in [0.3, 0.4) is 0 Å². The molecule has 2 heteroatoms. The zero-order chi connectivity index (χ0) is 6.41. The molecule has 0 saturated carbocycles. The van der Waals surface area contributed by atoms with Crippen molar-refractivity contribution < 1.29 is 0 Å². The smallest absolute Gasteiger partial charge is 0.216 e. The Kier molecular flexibility index (Phi) is 5.97. The van der Waals surface area contributed by atoms with Gasteiger partial charge in [0.05, 0.1) is 0 Å². The predicted molar refractivity (Wildman–Crippen MR) is 44.7 cm³/mol. The highest BCUT2D eigenvalue weighted by molar-refractivity contribution is 9.24. The van der Waals surface area contributed by atoms with Crippen molar-refractivity contribution in [2.75, 3.05) is 0 Å². The van der Waals surface area contributed by atoms with E-state index in [4.69, 9.17) is 0 Å². The van der Waals surface area contributed by atoms with Crippen molar-refractivity contribution in [3.8, 4) is 0 Å². The van der Waals surface area contributed by atoms with Gasteiger partial charge in [0.2, 0.25) is 0 Å². The van der Waals surface area contributed by atoms with Crippen LogP contribution in [0.2, 0.25) is 10.6 Å². The van der Waals surface area contributed by atoms with Crippen LogP contribution in [0, 0.1) is 0 Å². The standard InChI is InChI=1S/2C3H5.Al.BrH/c2*1-3-2;;/h2*3H,1-2H2;;1H/q;;+1;/p-1. The highest BCUT2D eigenvalue weighted by atomic mass is 79.9. The van der Waals surface area contributed by atoms with Crippen LogP contribution in [-0.2, 0) is 0 Å². The van der Waals surface area contributed by atoms with Crippen molar-refractivity contribution in [1.82, 2.24) is 0 Å². The summed E-state index contributed by atoms with van der Waals surface area (Å²) >= 11 is 2.97. The molecule has 0 radical (unpaired) electrons. The van der Waals surface area contributed by atoms with Crippen LogP contribution >= 0.6 is 14.1 Å². The molecule has 0 aromatic carbocycles. The third-order valence-electron chi connectivity index (χ3n) is 0.845. The van der Waals surface area contributed by atoms with E-state index in [9.17, 15) is 0 Å². The molecule has 0 heterocycles. The minimum Gasteiger partial charge on any atom is -0.216 e. The fourth-order valence-electron chi connectivity index (χ4n) is 0.458. The summed E-state index contributed by atoms with van der Waals surface area (Å²) in [5.41, 5.74) is 0. The molecule has 0 spiro atoms. The molecule has 0 aliphatic carbocycles. The summed E-state index contributed by atoms with van der Waals surface area (Å²) in [7, 11) is 0. The molecule has 8 heavy (non-hydrogen) atoms. The van der Waals surface area contributed by atoms with Gasteiger partial charge in [-0.15, -0.1) is 25.3 Å². The summed E-state index contributed by atoms with van der Waals surface area (Å²) in [6, 6.07) is 0. The molecule has 0 N–H and O–H groups in total. The second-order valence-electron chi connectivity index (χ2n) is 1.65. The van der Waals surface area contributed by atoms with Crippen LogP contribution in [0.5, 0.6) is 0 Å². The van der Waals surface area contributed by atoms with Crippen LogP contribution in [0.1, 0.15) is 0 Å². The Hall–Kier alpha value is 0.492. The van der Waals surface area contributed by atoms with E-state index >= 15 is 0 Å². The molecule has 0 bridgehead atoms. The first-order valence-electron chi connectivity index (χ1n) is 2.67. The Morgan fingerprint density at radius 2 is 1.62 bits per heavy atom. The number of hydrogen-bond acceptors (Lipinski definition) is 0. The maximum atomic E-state index is 3.65. The monoisotopic (exact) mass is 188 g/mol. The first-order chi connectivity index (χ1) is 3.81. The Balaban J connectivity index is 3.16. The molecular weight excluding hydrogens is 179 g/mol. The van der Waals surface area contributed by atoms with Gasteiger partial charge in [0.1, 0.15) is 0 Å². The van der Waals surface area contributed by atoms with Crippen molar-refractivity contribution in [2.45, 2.75) is 10.6 Å². The van der Waals surface area contributed by atoms with E-state index in [0.717, 1.165) is 10.6 Å². The summed E-state index contributed by atoms with van der Waals surface area (Å²) in [6.07, 6.45) is 3.93. The largest absolute Gasteiger partial charge is 0.373 e. The van der Waals surface area contributed by atoms with E-state index < -0.39 is 12.3 Å². The van der Waals surface area contributed by atoms with Gasteiger partial charge in [-0.3, -0.25) is 0 Å². The molecule has 44 valence electrons. The second-order valence-corrected chi connectivity index (χ2v) is 7.67. The molecule has 0 aliphatic rings. The molecule has 0 amide bonds. The molecule has 0 nitrogen and oxygen atoms in total. The van der Waals surface area contributed by atoms with E-state index in [1.54, 1.807) is 0 Å². The number of halogens is 1. The normalized spacial score (nSPS) is 8.12. The van der Waals surface area contributed by atoms with E-state index in [1.807, 2.05) is 12.2 Å². The first-order valence-corrected chi connectivity index (χ1v) is 7.48. The van der Waals surface area contributed by atoms with Crippen molar-refractivity contribution in [1.29, 1.82) is 0 Å². The van der Waals surface area contributed by atoms with Gasteiger partial charge in [-0.05, 0) is 0 Å². The van der Waals surface area contributed by atoms with Crippen LogP contribution in [0.4, 0.5) is 0 Å². The maximum Gasteiger partial charge on any atom is 0.373 e. The maximum absolute atomic E-state index is 3.65. The highest BCUT2D eigenvalue weighted by Gasteiger charge is 2.06. The third kappa shape index (κ3) is 4.65. The predicted octanol–water partition coefficient (Wildman–Crippen LogP) is 2.74. The summed E-state index contributed by atoms with van der Waals surface area (Å²) in [5.74, 6) is 0. The van der Waals surface area contributed by atoms with Crippen molar-refractivity contribution in [2.24, 2.45) is 0 Å². The van der Waals surface area contributed by atoms with Gasteiger partial charge in [-0.1, -0.05) is 10.6 Å². The molecule has 0 rings (SSSR count). The van der Waals surface area contributed by atoms with Crippen molar-refractivity contribution >= 4 is 26.4 Å². The lowest BCUT2D eigenvalue weighted by atomic mass is 10.7. The Morgan fingerprint density at radius 1 is 1.25 bits per heavy atom. The Morgan fingerprint density at radius 3 is 1.88 bits per heavy atom. The molecular formula is C6H10AlBr. The van der Waals surface area contributed by atoms with Gasteiger partial charge < -0.3 is 0 Å². The topological polar surface area (TPSA) is 0 Å². The van der Waals surface area contributed by atoms with Gasteiger partial charge in [0.15, 0.2) is 0 Å². The molecule has 0 saturated heterocycles. The van der Waals surface area contributed by atoms with Crippen LogP contribution in [0.25, 0.3) is 0 Å². The lowest BCUT2D eigenvalue weighted by Crippen LogP contribution is -1.96. The number of rotatable bonds is 4. The summed E-state index contributed by atoms with van der Waals surface area (Å²) in [5, 5.41) is 2.32. The van der Waals surface area contributed by atoms with Gasteiger partial charge in [0.25, 0.3) is 0 Å². The van der Waals surface area contributed by atoms with Gasteiger partial charge >= 0.3 is 12.3 Å². The number of hydrogen-bond donors (Lipinski definition) is 0. The fourth-order valence-corrected chi connectivity index (χ4v) is 2.96. The molecule has 0 fully saturated rings. The van der Waals surface area contributed by atoms with Crippen LogP contribution < -0.4 is 0 Å². The van der Waals surface area contributed by atoms with E-state index in [2.05, 4.69) is 27.2 Å². The fraction of sp³-hybridized carbons (Fsp3) is 0.333. The van der Waals surface area contributed by atoms with E-state index in [0.29, 0.717) is 0 Å². The third-order valence-corrected chi connectivity index (χ3v) is 4.78. The summed E-state index contributed by atoms with van der Waals surface area (Å²) in [6.45, 7) is 7.31. The molecule has 0 aliphatic heterocycles. The molecule has 0 aromatic rings. The Labute approximate surface area is 62.3 Å². The number of allylic oxidation sites excluding steroid dienone is 2. The van der Waals surface area contributed by atoms with Crippen molar-refractivity contribution in [3.63, 3.8) is 0 Å². The quantitative estimate of drug-likeness (QED) is 0.471. The Bertz CT molecular complexity index is 70.6. The average molecular weight is 189 g/mol. The van der Waals surface area contributed by atoms with Gasteiger partial charge in [-0.25, -0.2) is 14.1 Å². The van der Waals surface area contributed by atoms with E-state index in [1.165, 1.54) is 0 Å². The summed E-state index contributed by atoms with van der Waals surface area (Å²) < 4.78 is 0. The lowest BCUT2D eigenvalue weighted by Gasteiger charge is -1.91. The lowest BCUT2D eigenvalue weighted by molar-refractivity contribution is 1.59. The zero-order valence-corrected chi connectivity index (χ0v) is 7.68. The minimum atomic E-state index is -0.626. The van der Waals surface area contributed by atoms with Crippen LogP contribution in [0.15, 0.2) is 25.3 Å². The molecule has 0 unspecified atom stereocenters. The van der Waals surface area contributed by atoms with Crippen molar-refractivity contribution in [3.05, 3.63) is 25.3 Å². The van der Waals surface area contributed by atoms with E-state index in [-0.39, 0.29) is 0 Å². The molecule has 0 aromatic heterocycles. The van der Waals surface area contributed by atoms with Gasteiger partial charge in [-0.2, -0.15) is 0 Å². The van der Waals surface area contributed by atoms with Gasteiger partial charge in [0, 0.05) is 0 Å². The summed E-state index contributed by atoms with van der Waals surface area (Å²) in [4.78, 5) is 0. The SMILES string of the molecule is C=C[CH2][Al]([Br])[CH2]C=C. The minimum absolute atomic E-state index is 0.626. The highest BCUT2D eigenvalue weighted by Crippen LogP contribution is 2.06. The zero-order valence-electron chi connectivity index (χ0n) is 4.94. The van der Waals surface area contributed by atoms with Crippen LogP contribution in [-0.4, -0.2) is 12.3 Å². The molecule has 0 atom stereocenters. The first kappa shape index (κ1) is 8.49. The second kappa shape index (κ2) is 5.63.